The lowest BCUT2D eigenvalue weighted by atomic mass is 9.87. The molecule has 0 aromatic heterocycles. The molecule has 1 aliphatic heterocycles. The largest absolute Gasteiger partial charge is 0.391 e. The average Bonchev–Trinajstić information content (AvgIpc) is 2.74. The van der Waals surface area contributed by atoms with E-state index in [0.717, 1.165) is 25.8 Å². The Labute approximate surface area is 85.1 Å². The van der Waals surface area contributed by atoms with Crippen LogP contribution in [0.15, 0.2) is 0 Å². The van der Waals surface area contributed by atoms with Crippen LogP contribution >= 0.6 is 0 Å². The maximum Gasteiger partial charge on any atom is 0.228 e. The minimum Gasteiger partial charge on any atom is -0.391 e. The van der Waals surface area contributed by atoms with E-state index in [9.17, 15) is 9.90 Å². The summed E-state index contributed by atoms with van der Waals surface area (Å²) in [6.07, 6.45) is 4.87. The number of hydrogen-bond donors (Lipinski definition) is 1. The van der Waals surface area contributed by atoms with Crippen LogP contribution in [0.25, 0.3) is 0 Å². The van der Waals surface area contributed by atoms with Crippen LogP contribution in [0.3, 0.4) is 0 Å². The molecule has 1 atom stereocenters. The van der Waals surface area contributed by atoms with E-state index in [-0.39, 0.29) is 17.4 Å². The first kappa shape index (κ1) is 9.97. The highest BCUT2D eigenvalue weighted by atomic mass is 16.3. The molecule has 0 radical (unpaired) electrons. The van der Waals surface area contributed by atoms with Crippen LogP contribution in [-0.2, 0) is 4.79 Å². The van der Waals surface area contributed by atoms with Crippen LogP contribution in [0.2, 0.25) is 0 Å². The van der Waals surface area contributed by atoms with E-state index < -0.39 is 0 Å². The second-order valence-electron chi connectivity index (χ2n) is 4.96. The maximum absolute atomic E-state index is 12.1. The summed E-state index contributed by atoms with van der Waals surface area (Å²) in [5.41, 5.74) is -0.121. The number of aliphatic hydroxyl groups excluding tert-OH is 1. The molecule has 0 bridgehead atoms. The summed E-state index contributed by atoms with van der Waals surface area (Å²) in [7, 11) is 0. The summed E-state index contributed by atoms with van der Waals surface area (Å²) >= 11 is 0. The summed E-state index contributed by atoms with van der Waals surface area (Å²) in [6, 6.07) is 0. The van der Waals surface area contributed by atoms with Gasteiger partial charge in [-0.2, -0.15) is 0 Å². The lowest BCUT2D eigenvalue weighted by molar-refractivity contribution is -0.140. The first-order valence-corrected chi connectivity index (χ1v) is 5.59. The van der Waals surface area contributed by atoms with Crippen molar-refractivity contribution < 1.29 is 9.90 Å². The highest BCUT2D eigenvalue weighted by molar-refractivity contribution is 5.82. The number of amides is 1. The predicted molar refractivity (Wildman–Crippen MR) is 53.8 cm³/mol. The van der Waals surface area contributed by atoms with Gasteiger partial charge >= 0.3 is 0 Å². The monoisotopic (exact) mass is 197 g/mol. The molecule has 14 heavy (non-hydrogen) atoms. The van der Waals surface area contributed by atoms with Crippen LogP contribution in [0, 0.1) is 5.41 Å². The lowest BCUT2D eigenvalue weighted by Gasteiger charge is -2.28. The molecule has 3 heteroatoms. The normalized spacial score (nSPS) is 31.0. The van der Waals surface area contributed by atoms with E-state index in [2.05, 4.69) is 6.92 Å². The zero-order valence-electron chi connectivity index (χ0n) is 8.83. The maximum atomic E-state index is 12.1. The first-order valence-electron chi connectivity index (χ1n) is 5.59. The van der Waals surface area contributed by atoms with Crippen LogP contribution in [0.4, 0.5) is 0 Å². The second kappa shape index (κ2) is 3.54. The van der Waals surface area contributed by atoms with Crippen molar-refractivity contribution in [3.63, 3.8) is 0 Å². The van der Waals surface area contributed by atoms with Crippen LogP contribution in [0.1, 0.15) is 39.0 Å². The minimum atomic E-state index is -0.288. The molecule has 80 valence electrons. The Bertz CT molecular complexity index is 233. The van der Waals surface area contributed by atoms with Gasteiger partial charge in [-0.25, -0.2) is 0 Å². The summed E-state index contributed by atoms with van der Waals surface area (Å²) in [5.74, 6) is 0.270. The smallest absolute Gasteiger partial charge is 0.228 e. The Morgan fingerprint density at radius 2 is 2.07 bits per heavy atom. The van der Waals surface area contributed by atoms with Gasteiger partial charge in [0.1, 0.15) is 0 Å². The van der Waals surface area contributed by atoms with Gasteiger partial charge in [-0.1, -0.05) is 19.8 Å². The molecule has 0 spiro atoms. The van der Waals surface area contributed by atoms with E-state index in [4.69, 9.17) is 0 Å². The van der Waals surface area contributed by atoms with Crippen molar-refractivity contribution in [1.29, 1.82) is 0 Å². The van der Waals surface area contributed by atoms with Gasteiger partial charge in [0, 0.05) is 18.5 Å². The third-order valence-corrected chi connectivity index (χ3v) is 3.67. The van der Waals surface area contributed by atoms with Gasteiger partial charge in [-0.05, 0) is 19.3 Å². The topological polar surface area (TPSA) is 40.5 Å². The fraction of sp³-hybridized carbons (Fsp3) is 0.909. The van der Waals surface area contributed by atoms with Crippen molar-refractivity contribution in [3.8, 4) is 0 Å². The van der Waals surface area contributed by atoms with Gasteiger partial charge in [0.05, 0.1) is 6.10 Å². The van der Waals surface area contributed by atoms with Gasteiger partial charge in [0.25, 0.3) is 0 Å². The molecule has 1 amide bonds. The summed E-state index contributed by atoms with van der Waals surface area (Å²) in [6.45, 7) is 3.37. The molecule has 3 nitrogen and oxygen atoms in total. The Morgan fingerprint density at radius 1 is 1.43 bits per heavy atom. The van der Waals surface area contributed by atoms with Crippen LogP contribution in [0.5, 0.6) is 0 Å². The van der Waals surface area contributed by atoms with E-state index >= 15 is 0 Å². The van der Waals surface area contributed by atoms with E-state index in [1.54, 1.807) is 0 Å². The zero-order valence-corrected chi connectivity index (χ0v) is 8.83. The van der Waals surface area contributed by atoms with E-state index in [1.165, 1.54) is 12.8 Å². The number of nitrogens with zero attached hydrogens (tertiary/aromatic N) is 1. The summed E-state index contributed by atoms with van der Waals surface area (Å²) in [5, 5.41) is 9.38. The highest BCUT2D eigenvalue weighted by Crippen LogP contribution is 2.39. The molecular formula is C11H19NO2. The van der Waals surface area contributed by atoms with Crippen molar-refractivity contribution in [2.24, 2.45) is 5.41 Å². The molecule has 1 N–H and O–H groups in total. The number of rotatable bonds is 1. The molecule has 2 rings (SSSR count). The van der Waals surface area contributed by atoms with Crippen LogP contribution in [-0.4, -0.2) is 35.1 Å². The lowest BCUT2D eigenvalue weighted by Crippen LogP contribution is -2.40. The molecule has 1 saturated heterocycles. The third-order valence-electron chi connectivity index (χ3n) is 3.67. The predicted octanol–water partition coefficient (Wildman–Crippen LogP) is 1.16. The minimum absolute atomic E-state index is 0.121. The number of aliphatic hydroxyl groups is 1. The zero-order chi connectivity index (χ0) is 10.2. The molecule has 0 unspecified atom stereocenters. The quantitative estimate of drug-likeness (QED) is 0.685. The Balaban J connectivity index is 2.00. The van der Waals surface area contributed by atoms with Gasteiger partial charge < -0.3 is 10.0 Å². The second-order valence-corrected chi connectivity index (χ2v) is 4.96. The highest BCUT2D eigenvalue weighted by Gasteiger charge is 2.40. The van der Waals surface area contributed by atoms with Crippen molar-refractivity contribution in [2.75, 3.05) is 13.1 Å². The Morgan fingerprint density at radius 3 is 2.57 bits per heavy atom. The van der Waals surface area contributed by atoms with Gasteiger partial charge in [-0.3, -0.25) is 4.79 Å². The number of carbonyl (C=O) groups is 1. The third kappa shape index (κ3) is 1.65. The molecular weight excluding hydrogens is 178 g/mol. The van der Waals surface area contributed by atoms with Crippen molar-refractivity contribution in [3.05, 3.63) is 0 Å². The molecule has 0 aromatic carbocycles. The fourth-order valence-corrected chi connectivity index (χ4v) is 2.68. The van der Waals surface area contributed by atoms with Crippen molar-refractivity contribution >= 4 is 5.91 Å². The van der Waals surface area contributed by atoms with Crippen molar-refractivity contribution in [1.82, 2.24) is 4.90 Å². The Kier molecular flexibility index (Phi) is 2.52. The van der Waals surface area contributed by atoms with Crippen LogP contribution < -0.4 is 0 Å². The molecule has 1 aliphatic carbocycles. The van der Waals surface area contributed by atoms with Gasteiger partial charge in [0.15, 0.2) is 0 Å². The number of carbonyl (C=O) groups excluding carboxylic acids is 1. The molecule has 1 saturated carbocycles. The SMILES string of the molecule is CC1(C(=O)N2CC[C@@H](O)C2)CCCC1. The van der Waals surface area contributed by atoms with Gasteiger partial charge in [0.2, 0.25) is 5.91 Å². The Hall–Kier alpha value is -0.570. The first-order chi connectivity index (χ1) is 6.62. The molecule has 2 fully saturated rings. The number of hydrogen-bond acceptors (Lipinski definition) is 2. The van der Waals surface area contributed by atoms with Crippen molar-refractivity contribution in [2.45, 2.75) is 45.1 Å². The molecule has 0 aromatic rings. The fourth-order valence-electron chi connectivity index (χ4n) is 2.68. The van der Waals surface area contributed by atoms with Gasteiger partial charge in [-0.15, -0.1) is 0 Å². The van der Waals surface area contributed by atoms with E-state index in [1.807, 2.05) is 4.90 Å². The standard InChI is InChI=1S/C11H19NO2/c1-11(5-2-3-6-11)10(14)12-7-4-9(13)8-12/h9,13H,2-8H2,1H3/t9-/m1/s1. The molecule has 1 heterocycles. The number of β-amino-alcohol motifs (C(OH)–C–C–N with tert-alkyl or cyclic N) is 1. The molecule has 2 aliphatic rings. The van der Waals surface area contributed by atoms with E-state index in [0.29, 0.717) is 6.54 Å². The summed E-state index contributed by atoms with van der Waals surface area (Å²) in [4.78, 5) is 14.0. The summed E-state index contributed by atoms with van der Waals surface area (Å²) < 4.78 is 0. The number of likely N-dealkylation sites (tertiary alicyclic amines) is 1. The average molecular weight is 197 g/mol.